The van der Waals surface area contributed by atoms with Crippen LogP contribution in [0.5, 0.6) is 0 Å². The average Bonchev–Trinajstić information content (AvgIpc) is 2.30. The number of nitrogens with one attached hydrogen (secondary N) is 2. The van der Waals surface area contributed by atoms with Gasteiger partial charge in [0, 0.05) is 32.4 Å². The molecule has 80 valence electrons. The lowest BCUT2D eigenvalue weighted by molar-refractivity contribution is 0.566. The molecule has 1 fully saturated rings. The highest BCUT2D eigenvalue weighted by Gasteiger charge is 2.13. The van der Waals surface area contributed by atoms with Gasteiger partial charge in [0.1, 0.15) is 5.82 Å². The Morgan fingerprint density at radius 3 is 2.67 bits per heavy atom. The minimum absolute atomic E-state index is 0.238. The van der Waals surface area contributed by atoms with Crippen molar-refractivity contribution in [3.05, 3.63) is 29.6 Å². The Bertz CT molecular complexity index is 359. The zero-order valence-corrected chi connectivity index (χ0v) is 8.46. The Labute approximate surface area is 88.4 Å². The molecule has 0 spiro atoms. The molecule has 3 nitrogen and oxygen atoms in total. The van der Waals surface area contributed by atoms with Crippen molar-refractivity contribution in [1.29, 1.82) is 5.41 Å². The van der Waals surface area contributed by atoms with Crippen molar-refractivity contribution in [2.75, 3.05) is 31.1 Å². The minimum atomic E-state index is -0.238. The minimum Gasteiger partial charge on any atom is -0.367 e. The standard InChI is InChI=1S/C11H14FN3/c12-10-7-9(8-13)1-2-11(10)15-5-3-14-4-6-15/h1-2,7-8,13-14H,3-6H2. The van der Waals surface area contributed by atoms with Crippen LogP contribution in [0.2, 0.25) is 0 Å². The van der Waals surface area contributed by atoms with Gasteiger partial charge in [-0.2, -0.15) is 0 Å². The molecule has 0 unspecified atom stereocenters. The molecule has 0 amide bonds. The smallest absolute Gasteiger partial charge is 0.147 e. The van der Waals surface area contributed by atoms with Gasteiger partial charge in [-0.3, -0.25) is 0 Å². The fraction of sp³-hybridized carbons (Fsp3) is 0.364. The molecule has 0 bridgehead atoms. The van der Waals surface area contributed by atoms with Crippen molar-refractivity contribution >= 4 is 11.9 Å². The molecule has 2 rings (SSSR count). The molecule has 1 aliphatic heterocycles. The van der Waals surface area contributed by atoms with Gasteiger partial charge >= 0.3 is 0 Å². The van der Waals surface area contributed by atoms with Gasteiger partial charge in [0.05, 0.1) is 5.69 Å². The molecule has 1 heterocycles. The molecular weight excluding hydrogens is 193 g/mol. The van der Waals surface area contributed by atoms with E-state index in [4.69, 9.17) is 5.41 Å². The Morgan fingerprint density at radius 1 is 1.33 bits per heavy atom. The van der Waals surface area contributed by atoms with E-state index in [0.717, 1.165) is 32.4 Å². The largest absolute Gasteiger partial charge is 0.367 e. The maximum atomic E-state index is 13.7. The van der Waals surface area contributed by atoms with Gasteiger partial charge in [-0.15, -0.1) is 0 Å². The van der Waals surface area contributed by atoms with Crippen LogP contribution in [0.3, 0.4) is 0 Å². The average molecular weight is 207 g/mol. The van der Waals surface area contributed by atoms with Crippen molar-refractivity contribution < 1.29 is 4.39 Å². The summed E-state index contributed by atoms with van der Waals surface area (Å²) in [7, 11) is 0. The van der Waals surface area contributed by atoms with Gasteiger partial charge in [-0.1, -0.05) is 6.07 Å². The van der Waals surface area contributed by atoms with Gasteiger partial charge in [0.2, 0.25) is 0 Å². The maximum absolute atomic E-state index is 13.7. The number of anilines is 1. The Hall–Kier alpha value is -1.42. The summed E-state index contributed by atoms with van der Waals surface area (Å²) in [6.07, 6.45) is 1.16. The zero-order chi connectivity index (χ0) is 10.7. The van der Waals surface area contributed by atoms with Crippen molar-refractivity contribution in [1.82, 2.24) is 5.32 Å². The van der Waals surface area contributed by atoms with Gasteiger partial charge < -0.3 is 15.6 Å². The van der Waals surface area contributed by atoms with Gasteiger partial charge in [0.15, 0.2) is 0 Å². The predicted molar refractivity (Wildman–Crippen MR) is 59.4 cm³/mol. The number of hydrogen-bond donors (Lipinski definition) is 2. The Kier molecular flexibility index (Phi) is 2.97. The Morgan fingerprint density at radius 2 is 2.07 bits per heavy atom. The van der Waals surface area contributed by atoms with E-state index in [9.17, 15) is 4.39 Å². The number of benzene rings is 1. The third-order valence-electron chi connectivity index (χ3n) is 2.60. The van der Waals surface area contributed by atoms with Crippen molar-refractivity contribution in [2.45, 2.75) is 0 Å². The molecule has 0 saturated carbocycles. The number of rotatable bonds is 2. The molecule has 2 N–H and O–H groups in total. The van der Waals surface area contributed by atoms with E-state index >= 15 is 0 Å². The lowest BCUT2D eigenvalue weighted by atomic mass is 10.2. The molecule has 1 aliphatic rings. The quantitative estimate of drug-likeness (QED) is 0.716. The first-order chi connectivity index (χ1) is 7.31. The predicted octanol–water partition coefficient (Wildman–Crippen LogP) is 1.23. The van der Waals surface area contributed by atoms with E-state index < -0.39 is 0 Å². The summed E-state index contributed by atoms with van der Waals surface area (Å²) in [5.74, 6) is -0.238. The van der Waals surface area contributed by atoms with Crippen molar-refractivity contribution in [3.63, 3.8) is 0 Å². The van der Waals surface area contributed by atoms with E-state index in [1.54, 1.807) is 12.1 Å². The van der Waals surface area contributed by atoms with Crippen LogP contribution in [0.4, 0.5) is 10.1 Å². The van der Waals surface area contributed by atoms with Crippen LogP contribution < -0.4 is 10.2 Å². The Balaban J connectivity index is 2.23. The maximum Gasteiger partial charge on any atom is 0.147 e. The van der Waals surface area contributed by atoms with Gasteiger partial charge in [-0.25, -0.2) is 4.39 Å². The van der Waals surface area contributed by atoms with Crippen molar-refractivity contribution in [2.24, 2.45) is 0 Å². The number of nitrogens with zero attached hydrogens (tertiary/aromatic N) is 1. The van der Waals surface area contributed by atoms with E-state index in [1.165, 1.54) is 6.07 Å². The van der Waals surface area contributed by atoms with Crippen LogP contribution in [-0.4, -0.2) is 32.4 Å². The third kappa shape index (κ3) is 2.15. The second-order valence-corrected chi connectivity index (χ2v) is 3.59. The highest BCUT2D eigenvalue weighted by Crippen LogP contribution is 2.20. The molecule has 0 aromatic heterocycles. The number of piperazine rings is 1. The molecule has 0 atom stereocenters. The zero-order valence-electron chi connectivity index (χ0n) is 8.46. The molecule has 1 saturated heterocycles. The third-order valence-corrected chi connectivity index (χ3v) is 2.60. The molecular formula is C11H14FN3. The summed E-state index contributed by atoms with van der Waals surface area (Å²) in [5.41, 5.74) is 1.24. The fourth-order valence-corrected chi connectivity index (χ4v) is 1.78. The van der Waals surface area contributed by atoms with E-state index in [-0.39, 0.29) is 5.82 Å². The van der Waals surface area contributed by atoms with Crippen LogP contribution in [0, 0.1) is 11.2 Å². The van der Waals surface area contributed by atoms with Crippen LogP contribution in [0.15, 0.2) is 18.2 Å². The molecule has 1 aromatic carbocycles. The van der Waals surface area contributed by atoms with E-state index in [1.807, 2.05) is 4.90 Å². The SMILES string of the molecule is N=Cc1ccc(N2CCNCC2)c(F)c1. The molecule has 4 heteroatoms. The van der Waals surface area contributed by atoms with Gasteiger partial charge in [0.25, 0.3) is 0 Å². The molecule has 0 aliphatic carbocycles. The van der Waals surface area contributed by atoms with Crippen LogP contribution in [-0.2, 0) is 0 Å². The summed E-state index contributed by atoms with van der Waals surface area (Å²) in [6, 6.07) is 4.93. The molecule has 0 radical (unpaired) electrons. The second-order valence-electron chi connectivity index (χ2n) is 3.59. The topological polar surface area (TPSA) is 39.1 Å². The summed E-state index contributed by atoms with van der Waals surface area (Å²) in [6.45, 7) is 3.46. The monoisotopic (exact) mass is 207 g/mol. The fourth-order valence-electron chi connectivity index (χ4n) is 1.78. The molecule has 15 heavy (non-hydrogen) atoms. The normalized spacial score (nSPS) is 16.5. The first-order valence-corrected chi connectivity index (χ1v) is 5.07. The first-order valence-electron chi connectivity index (χ1n) is 5.07. The first kappa shape index (κ1) is 10.1. The van der Waals surface area contributed by atoms with Crippen LogP contribution >= 0.6 is 0 Å². The molecule has 1 aromatic rings. The summed E-state index contributed by atoms with van der Waals surface area (Å²) in [4.78, 5) is 2.03. The lowest BCUT2D eigenvalue weighted by Gasteiger charge is -2.29. The number of halogens is 1. The summed E-state index contributed by atoms with van der Waals surface area (Å²) < 4.78 is 13.7. The highest BCUT2D eigenvalue weighted by molar-refractivity contribution is 5.77. The van der Waals surface area contributed by atoms with Crippen LogP contribution in [0.25, 0.3) is 0 Å². The van der Waals surface area contributed by atoms with E-state index in [0.29, 0.717) is 11.3 Å². The summed E-state index contributed by atoms with van der Waals surface area (Å²) in [5, 5.41) is 10.3. The lowest BCUT2D eigenvalue weighted by Crippen LogP contribution is -2.43. The van der Waals surface area contributed by atoms with E-state index in [2.05, 4.69) is 5.32 Å². The highest BCUT2D eigenvalue weighted by atomic mass is 19.1. The summed E-state index contributed by atoms with van der Waals surface area (Å²) >= 11 is 0. The van der Waals surface area contributed by atoms with Gasteiger partial charge in [-0.05, 0) is 17.7 Å². The van der Waals surface area contributed by atoms with Crippen molar-refractivity contribution in [3.8, 4) is 0 Å². The number of hydrogen-bond acceptors (Lipinski definition) is 3. The second kappa shape index (κ2) is 4.40. The van der Waals surface area contributed by atoms with Crippen LogP contribution in [0.1, 0.15) is 5.56 Å².